The molecule has 10 nitrogen and oxygen atoms in total. The van der Waals surface area contributed by atoms with Crippen LogP contribution in [-0.2, 0) is 19.9 Å². The van der Waals surface area contributed by atoms with Crippen LogP contribution in [0.2, 0.25) is 5.02 Å². The largest absolute Gasteiger partial charge is 0.403 e. The summed E-state index contributed by atoms with van der Waals surface area (Å²) in [5.74, 6) is -0.537. The van der Waals surface area contributed by atoms with E-state index in [9.17, 15) is 21.6 Å². The van der Waals surface area contributed by atoms with Gasteiger partial charge in [-0.1, -0.05) is 22.8 Å². The highest BCUT2D eigenvalue weighted by molar-refractivity contribution is 7.92. The lowest BCUT2D eigenvalue weighted by molar-refractivity contribution is 0.102. The number of sulfonamides is 1. The number of hydrogen-bond acceptors (Lipinski definition) is 8. The third-order valence-corrected chi connectivity index (χ3v) is 7.45. The number of amides is 1. The monoisotopic (exact) mass is 532 g/mol. The topological polar surface area (TPSA) is 148 Å². The van der Waals surface area contributed by atoms with Crippen molar-refractivity contribution >= 4 is 49.1 Å². The van der Waals surface area contributed by atoms with Crippen LogP contribution < -0.4 is 10.0 Å². The molecule has 0 unspecified atom stereocenters. The summed E-state index contributed by atoms with van der Waals surface area (Å²) in [4.78, 5) is 12.8. The third-order valence-electron chi connectivity index (χ3n) is 4.68. The van der Waals surface area contributed by atoms with E-state index in [1.807, 2.05) is 0 Å². The molecule has 0 spiro atoms. The van der Waals surface area contributed by atoms with Crippen molar-refractivity contribution in [1.29, 1.82) is 0 Å². The van der Waals surface area contributed by atoms with Gasteiger partial charge in [0.15, 0.2) is 9.84 Å². The number of carbonyl (C=O) groups is 1. The molecule has 0 aliphatic carbocycles. The Morgan fingerprint density at radius 1 is 0.886 bits per heavy atom. The summed E-state index contributed by atoms with van der Waals surface area (Å²) in [7, 11) is -7.24. The lowest BCUT2D eigenvalue weighted by atomic mass is 10.2. The number of rotatable bonds is 7. The van der Waals surface area contributed by atoms with Gasteiger partial charge >= 0.3 is 6.01 Å². The Labute approximate surface area is 205 Å². The molecule has 3 aromatic carbocycles. The van der Waals surface area contributed by atoms with Gasteiger partial charge in [-0.2, -0.15) is 0 Å². The van der Waals surface area contributed by atoms with Crippen molar-refractivity contribution in [3.63, 3.8) is 0 Å². The van der Waals surface area contributed by atoms with Crippen LogP contribution in [0.5, 0.6) is 0 Å². The van der Waals surface area contributed by atoms with Crippen LogP contribution >= 0.6 is 11.6 Å². The number of halogens is 1. The summed E-state index contributed by atoms with van der Waals surface area (Å²) in [5.41, 5.74) is 0.771. The first kappa shape index (κ1) is 24.4. The van der Waals surface area contributed by atoms with Gasteiger partial charge in [-0.3, -0.25) is 14.8 Å². The molecule has 0 atom stereocenters. The highest BCUT2D eigenvalue weighted by Crippen LogP contribution is 2.23. The average Bonchev–Trinajstić information content (AvgIpc) is 3.27. The van der Waals surface area contributed by atoms with Crippen molar-refractivity contribution in [2.24, 2.45) is 0 Å². The van der Waals surface area contributed by atoms with Crippen LogP contribution in [0.25, 0.3) is 11.5 Å². The molecule has 1 amide bonds. The molecule has 0 fully saturated rings. The number of nitrogens with one attached hydrogen (secondary N) is 2. The van der Waals surface area contributed by atoms with Crippen LogP contribution in [0.15, 0.2) is 87.0 Å². The van der Waals surface area contributed by atoms with Crippen molar-refractivity contribution in [2.45, 2.75) is 9.79 Å². The maximum Gasteiger partial charge on any atom is 0.322 e. The normalized spacial score (nSPS) is 11.7. The van der Waals surface area contributed by atoms with Crippen molar-refractivity contribution < 1.29 is 26.0 Å². The summed E-state index contributed by atoms with van der Waals surface area (Å²) in [5, 5.41) is 10.5. The quantitative estimate of drug-likeness (QED) is 0.364. The zero-order chi connectivity index (χ0) is 25.2. The van der Waals surface area contributed by atoms with Crippen LogP contribution in [0, 0.1) is 0 Å². The standard InChI is InChI=1S/C22H17ClN4O6S2/c1-34(29,30)18-9-5-14(6-10-18)21-25-26-22(33-21)24-20(28)15-3-2-4-17(13-15)27-35(31,32)19-11-7-16(23)8-12-19/h2-13,27H,1H3,(H,24,26,28). The van der Waals surface area contributed by atoms with Gasteiger partial charge in [0.25, 0.3) is 15.9 Å². The van der Waals surface area contributed by atoms with E-state index in [0.29, 0.717) is 10.6 Å². The second-order valence-corrected chi connectivity index (χ2v) is 11.4. The Kier molecular flexibility index (Phi) is 6.61. The summed E-state index contributed by atoms with van der Waals surface area (Å²) in [6, 6.07) is 17.1. The maximum absolute atomic E-state index is 12.6. The second kappa shape index (κ2) is 9.49. The van der Waals surface area contributed by atoms with E-state index in [4.69, 9.17) is 16.0 Å². The molecule has 0 aliphatic rings. The maximum atomic E-state index is 12.6. The van der Waals surface area contributed by atoms with Crippen LogP contribution in [0.1, 0.15) is 10.4 Å². The lowest BCUT2D eigenvalue weighted by Crippen LogP contribution is -2.15. The van der Waals surface area contributed by atoms with Crippen molar-refractivity contribution in [2.75, 3.05) is 16.3 Å². The zero-order valence-electron chi connectivity index (χ0n) is 18.0. The number of anilines is 2. The summed E-state index contributed by atoms with van der Waals surface area (Å²) < 4.78 is 56.2. The van der Waals surface area contributed by atoms with E-state index in [2.05, 4.69) is 20.2 Å². The molecule has 0 bridgehead atoms. The lowest BCUT2D eigenvalue weighted by Gasteiger charge is -2.09. The minimum atomic E-state index is -3.89. The Bertz CT molecular complexity index is 1600. The number of carbonyl (C=O) groups excluding carboxylic acids is 1. The SMILES string of the molecule is CS(=O)(=O)c1ccc(-c2nnc(NC(=O)c3cccc(NS(=O)(=O)c4ccc(Cl)cc4)c3)o2)cc1. The van der Waals surface area contributed by atoms with Crippen molar-refractivity contribution in [3.05, 3.63) is 83.4 Å². The molecule has 2 N–H and O–H groups in total. The molecule has 4 rings (SSSR count). The van der Waals surface area contributed by atoms with E-state index < -0.39 is 25.8 Å². The third kappa shape index (κ3) is 5.85. The number of nitrogens with zero attached hydrogens (tertiary/aromatic N) is 2. The van der Waals surface area contributed by atoms with Gasteiger partial charge < -0.3 is 4.42 Å². The van der Waals surface area contributed by atoms with Crippen molar-refractivity contribution in [1.82, 2.24) is 10.2 Å². The van der Waals surface area contributed by atoms with E-state index in [-0.39, 0.29) is 32.9 Å². The molecule has 1 heterocycles. The highest BCUT2D eigenvalue weighted by atomic mass is 35.5. The first-order chi connectivity index (χ1) is 16.5. The predicted octanol–water partition coefficient (Wildman–Crippen LogP) is 3.85. The smallest absolute Gasteiger partial charge is 0.322 e. The molecular formula is C22H17ClN4O6S2. The van der Waals surface area contributed by atoms with Gasteiger partial charge in [0.05, 0.1) is 9.79 Å². The molecule has 0 aliphatic heterocycles. The summed E-state index contributed by atoms with van der Waals surface area (Å²) >= 11 is 5.80. The molecule has 35 heavy (non-hydrogen) atoms. The molecule has 0 saturated heterocycles. The minimum Gasteiger partial charge on any atom is -0.403 e. The fourth-order valence-corrected chi connectivity index (χ4v) is 4.76. The molecule has 4 aromatic rings. The molecule has 180 valence electrons. The minimum absolute atomic E-state index is 0.0136. The fourth-order valence-electron chi connectivity index (χ4n) is 2.96. The number of aromatic nitrogens is 2. The highest BCUT2D eigenvalue weighted by Gasteiger charge is 2.17. The molecule has 0 radical (unpaired) electrons. The van der Waals surface area contributed by atoms with E-state index in [1.54, 1.807) is 0 Å². The first-order valence-electron chi connectivity index (χ1n) is 9.85. The number of hydrogen-bond donors (Lipinski definition) is 2. The number of benzene rings is 3. The van der Waals surface area contributed by atoms with Gasteiger partial charge in [-0.25, -0.2) is 16.8 Å². The Hall–Kier alpha value is -3.74. The summed E-state index contributed by atoms with van der Waals surface area (Å²) in [6.45, 7) is 0. The number of sulfone groups is 1. The van der Waals surface area contributed by atoms with E-state index >= 15 is 0 Å². The Morgan fingerprint density at radius 3 is 2.20 bits per heavy atom. The van der Waals surface area contributed by atoms with Gasteiger partial charge in [0, 0.05) is 28.1 Å². The van der Waals surface area contributed by atoms with Gasteiger partial charge in [0.1, 0.15) is 0 Å². The second-order valence-electron chi connectivity index (χ2n) is 7.30. The Balaban J connectivity index is 1.47. The van der Waals surface area contributed by atoms with Crippen molar-refractivity contribution in [3.8, 4) is 11.5 Å². The molecular weight excluding hydrogens is 516 g/mol. The molecule has 1 aromatic heterocycles. The fraction of sp³-hybridized carbons (Fsp3) is 0.0455. The summed E-state index contributed by atoms with van der Waals surface area (Å²) in [6.07, 6.45) is 1.10. The van der Waals surface area contributed by atoms with Crippen LogP contribution in [-0.4, -0.2) is 39.2 Å². The van der Waals surface area contributed by atoms with Crippen LogP contribution in [0.3, 0.4) is 0 Å². The van der Waals surface area contributed by atoms with Crippen LogP contribution in [0.4, 0.5) is 11.7 Å². The van der Waals surface area contributed by atoms with E-state index in [1.165, 1.54) is 72.8 Å². The zero-order valence-corrected chi connectivity index (χ0v) is 20.4. The van der Waals surface area contributed by atoms with Gasteiger partial charge in [0.2, 0.25) is 5.89 Å². The molecule has 0 saturated carbocycles. The van der Waals surface area contributed by atoms with Gasteiger partial charge in [-0.15, -0.1) is 5.10 Å². The molecule has 13 heteroatoms. The predicted molar refractivity (Wildman–Crippen MR) is 129 cm³/mol. The Morgan fingerprint density at radius 2 is 1.54 bits per heavy atom. The first-order valence-corrected chi connectivity index (χ1v) is 13.6. The van der Waals surface area contributed by atoms with E-state index in [0.717, 1.165) is 6.26 Å². The van der Waals surface area contributed by atoms with Gasteiger partial charge in [-0.05, 0) is 66.7 Å². The average molecular weight is 533 g/mol.